The van der Waals surface area contributed by atoms with E-state index in [1.165, 1.54) is 17.1 Å². The highest BCUT2D eigenvalue weighted by atomic mass is 32.1. The standard InChI is InChI=1S/C7H8NO2S/c9-6-2-3-7(10)8(6)4-1-5-11/h2-3H,1,4-5H2. The SMILES string of the molecule is O=C1C=CC(=O)N1CCC[S]. The summed E-state index contributed by atoms with van der Waals surface area (Å²) in [5, 5.41) is 0. The van der Waals surface area contributed by atoms with Crippen molar-refractivity contribution in [3.8, 4) is 0 Å². The molecule has 59 valence electrons. The Morgan fingerprint density at radius 3 is 2.27 bits per heavy atom. The second kappa shape index (κ2) is 3.57. The first-order valence-electron chi connectivity index (χ1n) is 3.37. The van der Waals surface area contributed by atoms with E-state index >= 15 is 0 Å². The second-order valence-electron chi connectivity index (χ2n) is 2.22. The minimum absolute atomic E-state index is 0.224. The molecule has 0 N–H and O–H groups in total. The van der Waals surface area contributed by atoms with Crippen LogP contribution in [0.25, 0.3) is 0 Å². The van der Waals surface area contributed by atoms with Crippen LogP contribution in [0.2, 0.25) is 0 Å². The molecule has 0 aromatic heterocycles. The van der Waals surface area contributed by atoms with Crippen LogP contribution in [0.3, 0.4) is 0 Å². The van der Waals surface area contributed by atoms with Crippen molar-refractivity contribution in [3.05, 3.63) is 12.2 Å². The van der Waals surface area contributed by atoms with Gasteiger partial charge in [0.15, 0.2) is 0 Å². The van der Waals surface area contributed by atoms with Crippen LogP contribution in [0.4, 0.5) is 0 Å². The van der Waals surface area contributed by atoms with Crippen LogP contribution in [0.1, 0.15) is 6.42 Å². The molecule has 11 heavy (non-hydrogen) atoms. The third-order valence-electron chi connectivity index (χ3n) is 1.43. The highest BCUT2D eigenvalue weighted by molar-refractivity contribution is 7.80. The number of carbonyl (C=O) groups is 2. The van der Waals surface area contributed by atoms with Gasteiger partial charge in [-0.05, 0) is 6.42 Å². The van der Waals surface area contributed by atoms with Crippen molar-refractivity contribution in [2.45, 2.75) is 6.42 Å². The molecule has 0 saturated carbocycles. The Morgan fingerprint density at radius 2 is 1.82 bits per heavy atom. The molecule has 4 heteroatoms. The number of rotatable bonds is 3. The molecule has 0 aromatic rings. The summed E-state index contributed by atoms with van der Waals surface area (Å²) in [5.74, 6) is 0.133. The summed E-state index contributed by atoms with van der Waals surface area (Å²) in [6, 6.07) is 0. The van der Waals surface area contributed by atoms with E-state index in [0.717, 1.165) is 0 Å². The minimum Gasteiger partial charge on any atom is -0.275 e. The van der Waals surface area contributed by atoms with Gasteiger partial charge < -0.3 is 0 Å². The van der Waals surface area contributed by atoms with Gasteiger partial charge >= 0.3 is 0 Å². The molecule has 0 fully saturated rings. The van der Waals surface area contributed by atoms with Crippen LogP contribution < -0.4 is 0 Å². The molecule has 3 nitrogen and oxygen atoms in total. The van der Waals surface area contributed by atoms with E-state index in [2.05, 4.69) is 0 Å². The Hall–Kier alpha value is -0.770. The van der Waals surface area contributed by atoms with E-state index in [1.54, 1.807) is 0 Å². The number of nitrogens with zero attached hydrogens (tertiary/aromatic N) is 1. The maximum absolute atomic E-state index is 10.9. The Labute approximate surface area is 70.5 Å². The van der Waals surface area contributed by atoms with Crippen LogP contribution in [-0.2, 0) is 9.59 Å². The molecule has 2 amide bonds. The average molecular weight is 170 g/mol. The summed E-state index contributed by atoms with van der Waals surface area (Å²) >= 11 is 4.69. The van der Waals surface area contributed by atoms with Gasteiger partial charge in [-0.15, -0.1) is 0 Å². The third kappa shape index (κ3) is 1.83. The molecular formula is C7H8NO2S. The molecule has 0 aliphatic carbocycles. The number of hydrogen-bond acceptors (Lipinski definition) is 2. The first kappa shape index (κ1) is 8.33. The van der Waals surface area contributed by atoms with E-state index < -0.39 is 0 Å². The van der Waals surface area contributed by atoms with Crippen molar-refractivity contribution in [2.24, 2.45) is 0 Å². The first-order valence-corrected chi connectivity index (χ1v) is 3.95. The molecule has 0 saturated heterocycles. The summed E-state index contributed by atoms with van der Waals surface area (Å²) < 4.78 is 0. The van der Waals surface area contributed by atoms with Crippen molar-refractivity contribution < 1.29 is 9.59 Å². The lowest BCUT2D eigenvalue weighted by Crippen LogP contribution is -2.31. The maximum atomic E-state index is 10.9. The van der Waals surface area contributed by atoms with Gasteiger partial charge in [0.1, 0.15) is 0 Å². The predicted octanol–water partition coefficient (Wildman–Crippen LogP) is 0.499. The monoisotopic (exact) mass is 170 g/mol. The van der Waals surface area contributed by atoms with Crippen molar-refractivity contribution in [1.29, 1.82) is 0 Å². The summed E-state index contributed by atoms with van der Waals surface area (Å²) in [6.07, 6.45) is 3.27. The van der Waals surface area contributed by atoms with Gasteiger partial charge in [0, 0.05) is 24.4 Å². The molecule has 1 aliphatic rings. The zero-order chi connectivity index (χ0) is 8.27. The lowest BCUT2D eigenvalue weighted by atomic mass is 10.4. The summed E-state index contributed by atoms with van der Waals surface area (Å²) in [5.41, 5.74) is 0. The number of amides is 2. The fourth-order valence-electron chi connectivity index (χ4n) is 0.874. The maximum Gasteiger partial charge on any atom is 0.253 e. The van der Waals surface area contributed by atoms with E-state index in [-0.39, 0.29) is 11.8 Å². The summed E-state index contributed by atoms with van der Waals surface area (Å²) in [4.78, 5) is 23.0. The number of hydrogen-bond donors (Lipinski definition) is 0. The van der Waals surface area contributed by atoms with Crippen LogP contribution in [-0.4, -0.2) is 29.0 Å². The average Bonchev–Trinajstić information content (AvgIpc) is 2.29. The Bertz CT molecular complexity index is 194. The summed E-state index contributed by atoms with van der Waals surface area (Å²) in [6.45, 7) is 0.453. The van der Waals surface area contributed by atoms with Gasteiger partial charge in [-0.25, -0.2) is 0 Å². The third-order valence-corrected chi connectivity index (χ3v) is 1.72. The molecule has 0 bridgehead atoms. The van der Waals surface area contributed by atoms with Crippen molar-refractivity contribution in [3.63, 3.8) is 0 Å². The molecular weight excluding hydrogens is 162 g/mol. The molecule has 1 radical (unpaired) electrons. The van der Waals surface area contributed by atoms with Gasteiger partial charge in [0.05, 0.1) is 0 Å². The molecule has 0 unspecified atom stereocenters. The van der Waals surface area contributed by atoms with Crippen LogP contribution >= 0.6 is 12.6 Å². The minimum atomic E-state index is -0.224. The van der Waals surface area contributed by atoms with Gasteiger partial charge in [0.25, 0.3) is 11.8 Å². The lowest BCUT2D eigenvalue weighted by molar-refractivity contribution is -0.136. The molecule has 1 heterocycles. The van der Waals surface area contributed by atoms with Crippen LogP contribution in [0.15, 0.2) is 12.2 Å². The van der Waals surface area contributed by atoms with E-state index in [9.17, 15) is 9.59 Å². The fraction of sp³-hybridized carbons (Fsp3) is 0.429. The zero-order valence-electron chi connectivity index (χ0n) is 5.95. The smallest absolute Gasteiger partial charge is 0.253 e. The van der Waals surface area contributed by atoms with E-state index in [0.29, 0.717) is 18.7 Å². The van der Waals surface area contributed by atoms with Gasteiger partial charge in [-0.2, -0.15) is 0 Å². The van der Waals surface area contributed by atoms with Crippen molar-refractivity contribution in [2.75, 3.05) is 12.3 Å². The van der Waals surface area contributed by atoms with Crippen molar-refractivity contribution >= 4 is 24.4 Å². The Balaban J connectivity index is 2.46. The molecule has 0 spiro atoms. The van der Waals surface area contributed by atoms with Gasteiger partial charge in [-0.3, -0.25) is 14.5 Å². The predicted molar refractivity (Wildman–Crippen MR) is 42.9 cm³/mol. The first-order chi connectivity index (χ1) is 5.25. The van der Waals surface area contributed by atoms with E-state index in [4.69, 9.17) is 12.6 Å². The normalized spacial score (nSPS) is 16.6. The van der Waals surface area contributed by atoms with Crippen LogP contribution in [0.5, 0.6) is 0 Å². The Kier molecular flexibility index (Phi) is 2.70. The molecule has 0 atom stereocenters. The number of carbonyl (C=O) groups excluding carboxylic acids is 2. The molecule has 1 rings (SSSR count). The molecule has 1 aliphatic heterocycles. The summed E-state index contributed by atoms with van der Waals surface area (Å²) in [7, 11) is 0. The fourth-order valence-corrected chi connectivity index (χ4v) is 1.00. The van der Waals surface area contributed by atoms with Crippen molar-refractivity contribution in [1.82, 2.24) is 4.90 Å². The second-order valence-corrected chi connectivity index (χ2v) is 2.63. The quantitative estimate of drug-likeness (QED) is 0.578. The highest BCUT2D eigenvalue weighted by Crippen LogP contribution is 2.03. The van der Waals surface area contributed by atoms with Gasteiger partial charge in [-0.1, -0.05) is 12.6 Å². The molecule has 0 aromatic carbocycles. The van der Waals surface area contributed by atoms with Crippen LogP contribution in [0, 0.1) is 0 Å². The lowest BCUT2D eigenvalue weighted by Gasteiger charge is -2.11. The zero-order valence-corrected chi connectivity index (χ0v) is 6.76. The topological polar surface area (TPSA) is 37.4 Å². The largest absolute Gasteiger partial charge is 0.275 e. The van der Waals surface area contributed by atoms with E-state index in [1.807, 2.05) is 0 Å². The number of imide groups is 1. The Morgan fingerprint density at radius 1 is 1.27 bits per heavy atom. The van der Waals surface area contributed by atoms with Gasteiger partial charge in [0.2, 0.25) is 0 Å². The highest BCUT2D eigenvalue weighted by Gasteiger charge is 2.21.